The molecule has 0 bridgehead atoms. The number of nitriles is 1. The van der Waals surface area contributed by atoms with Gasteiger partial charge in [-0.15, -0.1) is 0 Å². The topological polar surface area (TPSA) is 176 Å². The number of hydrogen-bond donors (Lipinski definition) is 1. The maximum Gasteiger partial charge on any atom is 0.350 e. The number of phenols is 1. The lowest BCUT2D eigenvalue weighted by molar-refractivity contribution is -0.149. The first-order valence-corrected chi connectivity index (χ1v) is 20.1. The average Bonchev–Trinajstić information content (AvgIpc) is 3.64. The van der Waals surface area contributed by atoms with Gasteiger partial charge in [0, 0.05) is 24.7 Å². The molecule has 1 heterocycles. The van der Waals surface area contributed by atoms with Crippen molar-refractivity contribution in [2.75, 3.05) is 26.4 Å². The van der Waals surface area contributed by atoms with E-state index >= 15 is 0 Å². The van der Waals surface area contributed by atoms with E-state index in [1.165, 1.54) is 12.1 Å². The zero-order valence-electron chi connectivity index (χ0n) is 30.9. The van der Waals surface area contributed by atoms with E-state index in [-0.39, 0.29) is 58.1 Å². The van der Waals surface area contributed by atoms with Crippen LogP contribution in [0.3, 0.4) is 0 Å². The quantitative estimate of drug-likeness (QED) is 0.0390. The molecule has 12 nitrogen and oxygen atoms in total. The second-order valence-corrected chi connectivity index (χ2v) is 16.0. The Morgan fingerprint density at radius 1 is 0.833 bits per heavy atom. The van der Waals surface area contributed by atoms with Crippen LogP contribution in [0, 0.1) is 35.0 Å². The van der Waals surface area contributed by atoms with Crippen LogP contribution >= 0.6 is 23.5 Å². The van der Waals surface area contributed by atoms with Crippen LogP contribution < -0.4 is 4.74 Å². The maximum absolute atomic E-state index is 13.6. The molecule has 1 aromatic carbocycles. The van der Waals surface area contributed by atoms with Gasteiger partial charge in [0.2, 0.25) is 0 Å². The zero-order valence-corrected chi connectivity index (χ0v) is 32.6. The van der Waals surface area contributed by atoms with E-state index in [0.717, 1.165) is 74.2 Å². The molecule has 2 aliphatic carbocycles. The molecular weight excluding hydrogens is 735 g/mol. The number of fused-ring (bicyclic) bond motifs is 1. The molecule has 0 spiro atoms. The molecule has 0 radical (unpaired) electrons. The number of unbranched alkanes of at least 4 members (excludes halogenated alkanes) is 1. The first-order valence-electron chi connectivity index (χ1n) is 18.5. The summed E-state index contributed by atoms with van der Waals surface area (Å²) in [4.78, 5) is 62.8. The summed E-state index contributed by atoms with van der Waals surface area (Å²) >= 11 is 2.05. The Morgan fingerprint density at radius 2 is 1.39 bits per heavy atom. The number of hydrogen-bond acceptors (Lipinski definition) is 14. The van der Waals surface area contributed by atoms with Crippen LogP contribution in [0.2, 0.25) is 0 Å². The summed E-state index contributed by atoms with van der Waals surface area (Å²) in [5.74, 6) is -1.39. The fourth-order valence-corrected chi connectivity index (χ4v) is 9.61. The van der Waals surface area contributed by atoms with E-state index < -0.39 is 23.5 Å². The van der Waals surface area contributed by atoms with Crippen molar-refractivity contribution in [1.82, 2.24) is 0 Å². The Balaban J connectivity index is 1.24. The number of carbonyl (C=O) groups is 5. The van der Waals surface area contributed by atoms with Crippen molar-refractivity contribution >= 4 is 53.2 Å². The summed E-state index contributed by atoms with van der Waals surface area (Å²) in [5, 5.41) is 20.3. The third-order valence-corrected chi connectivity index (χ3v) is 13.0. The van der Waals surface area contributed by atoms with Crippen LogP contribution in [0.4, 0.5) is 0 Å². The van der Waals surface area contributed by atoms with Crippen LogP contribution in [-0.2, 0) is 42.9 Å². The lowest BCUT2D eigenvalue weighted by Crippen LogP contribution is -2.43. The average molecular weight is 784 g/mol. The smallest absolute Gasteiger partial charge is 0.350 e. The van der Waals surface area contributed by atoms with Crippen molar-refractivity contribution in [2.45, 2.75) is 99.9 Å². The van der Waals surface area contributed by atoms with Crippen LogP contribution in [-0.4, -0.2) is 66.8 Å². The number of ether oxygens (including phenoxy) is 5. The number of aromatic hydroxyl groups is 1. The summed E-state index contributed by atoms with van der Waals surface area (Å²) < 4.78 is 27.1. The van der Waals surface area contributed by atoms with Gasteiger partial charge >= 0.3 is 23.9 Å². The van der Waals surface area contributed by atoms with Crippen LogP contribution in [0.1, 0.15) is 84.5 Å². The van der Waals surface area contributed by atoms with E-state index in [1.54, 1.807) is 0 Å². The van der Waals surface area contributed by atoms with E-state index in [0.29, 0.717) is 66.9 Å². The molecule has 1 N–H and O–H groups in total. The molecule has 54 heavy (non-hydrogen) atoms. The van der Waals surface area contributed by atoms with Crippen molar-refractivity contribution in [3.8, 4) is 17.6 Å². The summed E-state index contributed by atoms with van der Waals surface area (Å²) in [6.45, 7) is 10.8. The standard InChI is InChI=1S/C40H49NO11S2/c1-5-32(43)48-20-8-9-21-51-40(4,7-3)36(45)27-14-10-25(11-15-27)26-12-16-28(17-13-26)37(46)52-31-19-18-30(42)34-35(31)54-39(53-34)29(24-41)38(47)50-23-22-49-33(44)6-2/h5-6,18-19,25-28,42H,1-2,7-17,20-23H2,3-4H3/b39-29+. The van der Waals surface area contributed by atoms with Crippen molar-refractivity contribution in [3.63, 3.8) is 0 Å². The Labute approximate surface area is 325 Å². The summed E-state index contributed by atoms with van der Waals surface area (Å²) in [7, 11) is 0. The number of benzene rings is 1. The van der Waals surface area contributed by atoms with E-state index in [1.807, 2.05) is 19.9 Å². The van der Waals surface area contributed by atoms with Gasteiger partial charge in [-0.3, -0.25) is 9.59 Å². The molecule has 4 rings (SSSR count). The number of nitrogens with zero attached hydrogens (tertiary/aromatic N) is 1. The van der Waals surface area contributed by atoms with Crippen LogP contribution in [0.15, 0.2) is 57.0 Å². The molecule has 2 fully saturated rings. The monoisotopic (exact) mass is 783 g/mol. The molecule has 0 saturated heterocycles. The summed E-state index contributed by atoms with van der Waals surface area (Å²) in [6, 6.07) is 4.77. The third kappa shape index (κ3) is 11.2. The molecule has 2 saturated carbocycles. The number of rotatable bonds is 18. The van der Waals surface area contributed by atoms with Crippen LogP contribution in [0.25, 0.3) is 0 Å². The Morgan fingerprint density at radius 3 is 1.98 bits per heavy atom. The lowest BCUT2D eigenvalue weighted by Gasteiger charge is -2.39. The van der Waals surface area contributed by atoms with Crippen molar-refractivity contribution in [2.24, 2.45) is 23.7 Å². The second-order valence-electron chi connectivity index (χ2n) is 13.7. The first-order chi connectivity index (χ1) is 25.9. The molecule has 3 aliphatic rings. The number of phenolic OH excluding ortho intramolecular Hbond substituents is 1. The molecule has 1 unspecified atom stereocenters. The fourth-order valence-electron chi connectivity index (χ4n) is 7.08. The van der Waals surface area contributed by atoms with Crippen molar-refractivity contribution in [3.05, 3.63) is 47.3 Å². The Bertz CT molecular complexity index is 1650. The Hall–Kier alpha value is -4.06. The van der Waals surface area contributed by atoms with Gasteiger partial charge in [0.25, 0.3) is 0 Å². The minimum Gasteiger partial charge on any atom is -0.507 e. The predicted octanol–water partition coefficient (Wildman–Crippen LogP) is 7.38. The number of Topliss-reactive ketones (excluding diaryl/α,β-unsaturated/α-hetero) is 1. The molecule has 14 heteroatoms. The van der Waals surface area contributed by atoms with Crippen molar-refractivity contribution in [1.29, 1.82) is 5.26 Å². The zero-order chi connectivity index (χ0) is 39.3. The number of thioether (sulfide) groups is 2. The van der Waals surface area contributed by atoms with E-state index in [2.05, 4.69) is 13.2 Å². The largest absolute Gasteiger partial charge is 0.507 e. The molecule has 292 valence electrons. The number of esters is 4. The molecule has 0 aromatic heterocycles. The van der Waals surface area contributed by atoms with Crippen molar-refractivity contribution < 1.29 is 52.8 Å². The van der Waals surface area contributed by atoms with Gasteiger partial charge in [-0.05, 0) is 102 Å². The minimum atomic E-state index is -0.910. The molecule has 1 aliphatic heterocycles. The highest BCUT2D eigenvalue weighted by Gasteiger charge is 2.41. The highest BCUT2D eigenvalue weighted by molar-refractivity contribution is 8.24. The predicted molar refractivity (Wildman–Crippen MR) is 201 cm³/mol. The third-order valence-electron chi connectivity index (χ3n) is 10.4. The second kappa shape index (κ2) is 20.6. The molecule has 1 atom stereocenters. The van der Waals surface area contributed by atoms with Gasteiger partial charge < -0.3 is 28.8 Å². The molecule has 1 aromatic rings. The normalized spacial score (nSPS) is 22.7. The Kier molecular flexibility index (Phi) is 16.3. The van der Waals surface area contributed by atoms with Gasteiger partial charge in [0.05, 0.1) is 26.6 Å². The summed E-state index contributed by atoms with van der Waals surface area (Å²) in [5.41, 5.74) is -1.12. The van der Waals surface area contributed by atoms with Gasteiger partial charge in [-0.25, -0.2) is 14.4 Å². The van der Waals surface area contributed by atoms with Gasteiger partial charge in [0.15, 0.2) is 11.4 Å². The molecular formula is C40H49NO11S2. The van der Waals surface area contributed by atoms with E-state index in [4.69, 9.17) is 23.7 Å². The van der Waals surface area contributed by atoms with Gasteiger partial charge in [-0.2, -0.15) is 5.26 Å². The highest BCUT2D eigenvalue weighted by Crippen LogP contribution is 2.58. The molecule has 0 amide bonds. The maximum atomic E-state index is 13.6. The highest BCUT2D eigenvalue weighted by atomic mass is 32.2. The SMILES string of the molecule is C=CC(=O)OCCCCOC(C)(CC)C(=O)C1CCC(C2CCC(C(=O)Oc3ccc(O)c4c3S/C(=C(\C#N)C(=O)OCCOC(=O)C=C)S4)CC2)CC1. The number of carbonyl (C=O) groups excluding carboxylic acids is 5. The summed E-state index contributed by atoms with van der Waals surface area (Å²) in [6.07, 6.45) is 10.8. The lowest BCUT2D eigenvalue weighted by atomic mass is 9.67. The van der Waals surface area contributed by atoms with Gasteiger partial charge in [0.1, 0.15) is 36.4 Å². The van der Waals surface area contributed by atoms with E-state index in [9.17, 15) is 34.3 Å². The van der Waals surface area contributed by atoms with Gasteiger partial charge in [-0.1, -0.05) is 43.6 Å². The van der Waals surface area contributed by atoms with Crippen LogP contribution in [0.5, 0.6) is 11.5 Å². The first kappa shape index (κ1) is 42.7. The minimum absolute atomic E-state index is 0.0340. The number of ketones is 1. The fraction of sp³-hybridized carbons (Fsp3) is 0.550.